The highest BCUT2D eigenvalue weighted by atomic mass is 35.5. The zero-order chi connectivity index (χ0) is 13.0. The third-order valence-corrected chi connectivity index (χ3v) is 3.08. The van der Waals surface area contributed by atoms with Crippen molar-refractivity contribution in [1.82, 2.24) is 10.6 Å². The van der Waals surface area contributed by atoms with Crippen molar-refractivity contribution < 1.29 is 13.9 Å². The van der Waals surface area contributed by atoms with Gasteiger partial charge in [-0.05, 0) is 12.1 Å². The summed E-state index contributed by atoms with van der Waals surface area (Å²) in [6, 6.07) is 4.16. The first-order chi connectivity index (χ1) is 8.68. The van der Waals surface area contributed by atoms with E-state index in [1.165, 1.54) is 18.2 Å². The monoisotopic (exact) mass is 272 g/mol. The van der Waals surface area contributed by atoms with Gasteiger partial charge in [0.25, 0.3) is 5.91 Å². The molecule has 0 aromatic heterocycles. The lowest BCUT2D eigenvalue weighted by atomic mass is 10.2. The van der Waals surface area contributed by atoms with Crippen molar-refractivity contribution in [3.05, 3.63) is 34.6 Å². The topological polar surface area (TPSA) is 50.4 Å². The summed E-state index contributed by atoms with van der Waals surface area (Å²) in [4.78, 5) is 11.8. The predicted octanol–water partition coefficient (Wildman–Crippen LogP) is 1.20. The lowest BCUT2D eigenvalue weighted by molar-refractivity contribution is 0.0287. The van der Waals surface area contributed by atoms with E-state index in [-0.39, 0.29) is 16.7 Å². The van der Waals surface area contributed by atoms with Crippen molar-refractivity contribution in [3.8, 4) is 0 Å². The molecule has 1 fully saturated rings. The smallest absolute Gasteiger partial charge is 0.252 e. The van der Waals surface area contributed by atoms with E-state index in [1.54, 1.807) is 0 Å². The van der Waals surface area contributed by atoms with E-state index in [2.05, 4.69) is 10.6 Å². The number of carbonyl (C=O) groups excluding carboxylic acids is 1. The highest BCUT2D eigenvalue weighted by molar-refractivity contribution is 6.34. The Balaban J connectivity index is 1.93. The van der Waals surface area contributed by atoms with Crippen LogP contribution in [0.15, 0.2) is 18.2 Å². The molecular weight excluding hydrogens is 259 g/mol. The van der Waals surface area contributed by atoms with Gasteiger partial charge < -0.3 is 15.4 Å². The first kappa shape index (κ1) is 13.3. The number of benzene rings is 1. The summed E-state index contributed by atoms with van der Waals surface area (Å²) >= 11 is 5.73. The second-order valence-electron chi connectivity index (χ2n) is 4.01. The summed E-state index contributed by atoms with van der Waals surface area (Å²) in [6.45, 7) is 2.51. The molecule has 4 nitrogen and oxygen atoms in total. The molecule has 0 aliphatic carbocycles. The molecule has 1 unspecified atom stereocenters. The van der Waals surface area contributed by atoms with Crippen LogP contribution in [-0.4, -0.2) is 38.3 Å². The number of amides is 1. The summed E-state index contributed by atoms with van der Waals surface area (Å²) in [6.07, 6.45) is -0.0602. The van der Waals surface area contributed by atoms with Crippen molar-refractivity contribution in [2.45, 2.75) is 6.10 Å². The fourth-order valence-electron chi connectivity index (χ4n) is 1.73. The van der Waals surface area contributed by atoms with Gasteiger partial charge in [-0.3, -0.25) is 4.79 Å². The van der Waals surface area contributed by atoms with Gasteiger partial charge in [0.15, 0.2) is 0 Å². The molecule has 1 aromatic carbocycles. The van der Waals surface area contributed by atoms with Gasteiger partial charge in [-0.2, -0.15) is 0 Å². The molecule has 0 bridgehead atoms. The van der Waals surface area contributed by atoms with Gasteiger partial charge in [0, 0.05) is 19.6 Å². The Morgan fingerprint density at radius 3 is 3.17 bits per heavy atom. The maximum Gasteiger partial charge on any atom is 0.252 e. The van der Waals surface area contributed by atoms with Gasteiger partial charge >= 0.3 is 0 Å². The number of nitrogens with one attached hydrogen (secondary N) is 2. The second-order valence-corrected chi connectivity index (χ2v) is 4.39. The third kappa shape index (κ3) is 3.19. The zero-order valence-electron chi connectivity index (χ0n) is 9.71. The molecule has 1 atom stereocenters. The predicted molar refractivity (Wildman–Crippen MR) is 66.4 cm³/mol. The molecule has 98 valence electrons. The van der Waals surface area contributed by atoms with E-state index in [1.807, 2.05) is 0 Å². The molecule has 0 spiro atoms. The van der Waals surface area contributed by atoms with Gasteiger partial charge in [0.1, 0.15) is 5.82 Å². The van der Waals surface area contributed by atoms with E-state index in [9.17, 15) is 9.18 Å². The maximum absolute atomic E-state index is 13.2. The maximum atomic E-state index is 13.2. The van der Waals surface area contributed by atoms with Crippen LogP contribution in [0, 0.1) is 5.82 Å². The second kappa shape index (κ2) is 6.13. The van der Waals surface area contributed by atoms with Crippen LogP contribution in [0.3, 0.4) is 0 Å². The highest BCUT2D eigenvalue weighted by Crippen LogP contribution is 2.19. The van der Waals surface area contributed by atoms with Crippen molar-refractivity contribution in [2.75, 3.05) is 26.2 Å². The molecule has 1 amide bonds. The summed E-state index contributed by atoms with van der Waals surface area (Å²) in [5.74, 6) is -0.992. The van der Waals surface area contributed by atoms with Gasteiger partial charge in [0.05, 0.1) is 23.3 Å². The van der Waals surface area contributed by atoms with Crippen molar-refractivity contribution in [3.63, 3.8) is 0 Å². The van der Waals surface area contributed by atoms with E-state index in [0.29, 0.717) is 19.7 Å². The SMILES string of the molecule is O=C(NCC1CNCCO1)c1cccc(F)c1Cl. The Labute approximate surface area is 109 Å². The number of hydrogen-bond donors (Lipinski definition) is 2. The van der Waals surface area contributed by atoms with Crippen molar-refractivity contribution >= 4 is 17.5 Å². The van der Waals surface area contributed by atoms with Crippen LogP contribution in [0.1, 0.15) is 10.4 Å². The largest absolute Gasteiger partial charge is 0.374 e. The zero-order valence-corrected chi connectivity index (χ0v) is 10.5. The molecule has 0 saturated carbocycles. The first-order valence-electron chi connectivity index (χ1n) is 5.73. The molecule has 2 rings (SSSR count). The van der Waals surface area contributed by atoms with Gasteiger partial charge in [-0.25, -0.2) is 4.39 Å². The van der Waals surface area contributed by atoms with Crippen LogP contribution in [0.2, 0.25) is 5.02 Å². The lowest BCUT2D eigenvalue weighted by Gasteiger charge is -2.23. The molecule has 1 aromatic rings. The molecule has 2 N–H and O–H groups in total. The number of halogens is 2. The molecular formula is C12H14ClFN2O2. The Kier molecular flexibility index (Phi) is 4.52. The molecule has 1 aliphatic rings. The minimum absolute atomic E-state index is 0.0602. The average molecular weight is 273 g/mol. The molecule has 6 heteroatoms. The van der Waals surface area contributed by atoms with Gasteiger partial charge in [0.2, 0.25) is 0 Å². The number of hydrogen-bond acceptors (Lipinski definition) is 3. The van der Waals surface area contributed by atoms with Crippen LogP contribution in [0.25, 0.3) is 0 Å². The van der Waals surface area contributed by atoms with Crippen molar-refractivity contribution in [2.24, 2.45) is 0 Å². The summed E-state index contributed by atoms with van der Waals surface area (Å²) in [5, 5.41) is 5.68. The Hall–Kier alpha value is -1.17. The Morgan fingerprint density at radius 1 is 1.61 bits per heavy atom. The normalized spacial score (nSPS) is 19.6. The van der Waals surface area contributed by atoms with Crippen molar-refractivity contribution in [1.29, 1.82) is 0 Å². The van der Waals surface area contributed by atoms with E-state index < -0.39 is 11.7 Å². The van der Waals surface area contributed by atoms with E-state index >= 15 is 0 Å². The summed E-state index contributed by atoms with van der Waals surface area (Å²) in [5.41, 5.74) is 0.139. The third-order valence-electron chi connectivity index (χ3n) is 2.69. The van der Waals surface area contributed by atoms with Crippen LogP contribution in [0.5, 0.6) is 0 Å². The van der Waals surface area contributed by atoms with Gasteiger partial charge in [-0.15, -0.1) is 0 Å². The Morgan fingerprint density at radius 2 is 2.44 bits per heavy atom. The highest BCUT2D eigenvalue weighted by Gasteiger charge is 2.17. The van der Waals surface area contributed by atoms with Gasteiger partial charge in [-0.1, -0.05) is 17.7 Å². The number of carbonyl (C=O) groups is 1. The van der Waals surface area contributed by atoms with Crippen LogP contribution < -0.4 is 10.6 Å². The molecule has 0 radical (unpaired) electrons. The van der Waals surface area contributed by atoms with Crippen LogP contribution >= 0.6 is 11.6 Å². The standard InChI is InChI=1S/C12H14ClFN2O2/c13-11-9(2-1-3-10(11)14)12(17)16-7-8-6-15-4-5-18-8/h1-3,8,15H,4-7H2,(H,16,17). The minimum atomic E-state index is -0.597. The lowest BCUT2D eigenvalue weighted by Crippen LogP contribution is -2.45. The fourth-order valence-corrected chi connectivity index (χ4v) is 1.94. The van der Waals surface area contributed by atoms with Crippen LogP contribution in [-0.2, 0) is 4.74 Å². The number of rotatable bonds is 3. The van der Waals surface area contributed by atoms with E-state index in [4.69, 9.17) is 16.3 Å². The number of morpholine rings is 1. The molecule has 1 heterocycles. The Bertz CT molecular complexity index is 436. The number of ether oxygens (including phenoxy) is 1. The molecule has 1 aliphatic heterocycles. The quantitative estimate of drug-likeness (QED) is 0.869. The van der Waals surface area contributed by atoms with Crippen LogP contribution in [0.4, 0.5) is 4.39 Å². The fraction of sp³-hybridized carbons (Fsp3) is 0.417. The summed E-state index contributed by atoms with van der Waals surface area (Å²) < 4.78 is 18.6. The summed E-state index contributed by atoms with van der Waals surface area (Å²) in [7, 11) is 0. The molecule has 1 saturated heterocycles. The van der Waals surface area contributed by atoms with E-state index in [0.717, 1.165) is 6.54 Å². The average Bonchev–Trinajstić information content (AvgIpc) is 2.40. The minimum Gasteiger partial charge on any atom is -0.374 e. The molecule has 18 heavy (non-hydrogen) atoms. The first-order valence-corrected chi connectivity index (χ1v) is 6.11.